The molecule has 3 aromatic rings. The number of alkyl halides is 2. The quantitative estimate of drug-likeness (QED) is 0.358. The topological polar surface area (TPSA) is 42.8 Å². The van der Waals surface area contributed by atoms with Crippen molar-refractivity contribution in [1.82, 2.24) is 19.4 Å². The highest BCUT2D eigenvalue weighted by Gasteiger charge is 2.29. The largest absolute Gasteiger partial charge is 0.493 e. The number of imidazole rings is 1. The number of piperidine rings is 2. The number of benzene rings is 2. The molecule has 0 radical (unpaired) electrons. The van der Waals surface area contributed by atoms with Gasteiger partial charge in [0.25, 0.3) is 6.43 Å². The SMILES string of the molecule is COc1ccc(-c2nc3cc(C4CCN(C5CCN(C(C)C)CC5)CC4)ccc3n2CC(F)F)cc1OC. The van der Waals surface area contributed by atoms with E-state index >= 15 is 0 Å². The summed E-state index contributed by atoms with van der Waals surface area (Å²) in [5.74, 6) is 2.12. The Bertz CT molecular complexity index is 1230. The van der Waals surface area contributed by atoms with Gasteiger partial charge in [-0.3, -0.25) is 0 Å². The molecule has 206 valence electrons. The van der Waals surface area contributed by atoms with Crippen LogP contribution in [0.5, 0.6) is 11.5 Å². The molecule has 0 amide bonds. The molecule has 1 aromatic heterocycles. The van der Waals surface area contributed by atoms with Gasteiger partial charge in [0.2, 0.25) is 0 Å². The first kappa shape index (κ1) is 26.9. The van der Waals surface area contributed by atoms with E-state index in [1.807, 2.05) is 12.1 Å². The van der Waals surface area contributed by atoms with Crippen LogP contribution in [0.15, 0.2) is 36.4 Å². The van der Waals surface area contributed by atoms with Crippen molar-refractivity contribution in [1.29, 1.82) is 0 Å². The number of nitrogens with zero attached hydrogens (tertiary/aromatic N) is 4. The van der Waals surface area contributed by atoms with E-state index in [2.05, 4.69) is 35.8 Å². The maximum absolute atomic E-state index is 13.6. The van der Waals surface area contributed by atoms with Gasteiger partial charge in [-0.15, -0.1) is 0 Å². The van der Waals surface area contributed by atoms with Crippen molar-refractivity contribution < 1.29 is 18.3 Å². The molecule has 0 N–H and O–H groups in total. The zero-order valence-electron chi connectivity index (χ0n) is 23.0. The van der Waals surface area contributed by atoms with Gasteiger partial charge < -0.3 is 23.8 Å². The van der Waals surface area contributed by atoms with Crippen molar-refractivity contribution in [2.24, 2.45) is 0 Å². The Balaban J connectivity index is 1.35. The summed E-state index contributed by atoms with van der Waals surface area (Å²) in [5.41, 5.74) is 3.47. The molecule has 38 heavy (non-hydrogen) atoms. The fraction of sp³-hybridized carbons (Fsp3) is 0.567. The van der Waals surface area contributed by atoms with Crippen molar-refractivity contribution in [3.05, 3.63) is 42.0 Å². The maximum atomic E-state index is 13.6. The second-order valence-corrected chi connectivity index (χ2v) is 10.9. The van der Waals surface area contributed by atoms with E-state index in [-0.39, 0.29) is 0 Å². The number of ether oxygens (including phenoxy) is 2. The first-order valence-corrected chi connectivity index (χ1v) is 13.9. The first-order valence-electron chi connectivity index (χ1n) is 13.9. The first-order chi connectivity index (χ1) is 18.4. The summed E-state index contributed by atoms with van der Waals surface area (Å²) in [6.07, 6.45) is 2.28. The van der Waals surface area contributed by atoms with Gasteiger partial charge >= 0.3 is 0 Å². The number of fused-ring (bicyclic) bond motifs is 1. The van der Waals surface area contributed by atoms with Crippen LogP contribution in [0.3, 0.4) is 0 Å². The number of halogens is 2. The van der Waals surface area contributed by atoms with Crippen LogP contribution in [-0.2, 0) is 6.54 Å². The molecule has 3 heterocycles. The molecule has 8 heteroatoms. The summed E-state index contributed by atoms with van der Waals surface area (Å²) in [7, 11) is 3.14. The molecule has 0 aliphatic carbocycles. The molecule has 5 rings (SSSR count). The predicted octanol–water partition coefficient (Wildman–Crippen LogP) is 6.04. The smallest absolute Gasteiger partial charge is 0.256 e. The van der Waals surface area contributed by atoms with E-state index in [4.69, 9.17) is 14.5 Å². The molecule has 0 spiro atoms. The Kier molecular flexibility index (Phi) is 8.19. The molecular weight excluding hydrogens is 486 g/mol. The molecule has 6 nitrogen and oxygen atoms in total. The third-order valence-electron chi connectivity index (χ3n) is 8.48. The predicted molar refractivity (Wildman–Crippen MR) is 148 cm³/mol. The van der Waals surface area contributed by atoms with Crippen LogP contribution in [0.25, 0.3) is 22.4 Å². The van der Waals surface area contributed by atoms with E-state index in [0.717, 1.165) is 42.5 Å². The third-order valence-corrected chi connectivity index (χ3v) is 8.48. The van der Waals surface area contributed by atoms with Crippen LogP contribution >= 0.6 is 0 Å². The van der Waals surface area contributed by atoms with Crippen LogP contribution in [-0.4, -0.2) is 78.3 Å². The molecule has 2 fully saturated rings. The Morgan fingerprint density at radius 3 is 2.24 bits per heavy atom. The molecule has 2 aliphatic rings. The molecule has 0 bridgehead atoms. The maximum Gasteiger partial charge on any atom is 0.256 e. The van der Waals surface area contributed by atoms with Gasteiger partial charge in [-0.1, -0.05) is 6.07 Å². The highest BCUT2D eigenvalue weighted by atomic mass is 19.3. The number of likely N-dealkylation sites (tertiary alicyclic amines) is 2. The van der Waals surface area contributed by atoms with Gasteiger partial charge in [0.1, 0.15) is 5.82 Å². The Morgan fingerprint density at radius 1 is 0.895 bits per heavy atom. The summed E-state index contributed by atoms with van der Waals surface area (Å²) in [6, 6.07) is 13.0. The third kappa shape index (κ3) is 5.52. The molecule has 0 unspecified atom stereocenters. The second kappa shape index (κ2) is 11.6. The van der Waals surface area contributed by atoms with Gasteiger partial charge in [-0.2, -0.15) is 0 Å². The number of aromatic nitrogens is 2. The number of methoxy groups -OCH3 is 2. The minimum atomic E-state index is -2.48. The van der Waals surface area contributed by atoms with Crippen molar-refractivity contribution in [2.45, 2.75) is 70.5 Å². The lowest BCUT2D eigenvalue weighted by Gasteiger charge is -2.42. The zero-order chi connectivity index (χ0) is 26.8. The second-order valence-electron chi connectivity index (χ2n) is 10.9. The van der Waals surface area contributed by atoms with Crippen molar-refractivity contribution in [3.63, 3.8) is 0 Å². The average Bonchev–Trinajstić information content (AvgIpc) is 3.29. The van der Waals surface area contributed by atoms with E-state index in [0.29, 0.717) is 35.3 Å². The van der Waals surface area contributed by atoms with E-state index in [1.54, 1.807) is 30.9 Å². The van der Waals surface area contributed by atoms with Gasteiger partial charge in [-0.25, -0.2) is 13.8 Å². The molecule has 2 aliphatic heterocycles. The Hall–Kier alpha value is -2.71. The molecule has 0 atom stereocenters. The van der Waals surface area contributed by atoms with Crippen LogP contribution < -0.4 is 9.47 Å². The lowest BCUT2D eigenvalue weighted by atomic mass is 9.87. The minimum Gasteiger partial charge on any atom is -0.493 e. The van der Waals surface area contributed by atoms with Gasteiger partial charge in [0, 0.05) is 17.6 Å². The Labute approximate surface area is 224 Å². The highest BCUT2D eigenvalue weighted by molar-refractivity contribution is 5.82. The summed E-state index contributed by atoms with van der Waals surface area (Å²) in [4.78, 5) is 10.1. The van der Waals surface area contributed by atoms with Crippen molar-refractivity contribution >= 4 is 11.0 Å². The van der Waals surface area contributed by atoms with Crippen molar-refractivity contribution in [2.75, 3.05) is 40.4 Å². The molecular formula is C30H40F2N4O2. The number of hydrogen-bond donors (Lipinski definition) is 0. The van der Waals surface area contributed by atoms with Gasteiger partial charge in [0.05, 0.1) is 31.8 Å². The minimum absolute atomic E-state index is 0.409. The summed E-state index contributed by atoms with van der Waals surface area (Å²) < 4.78 is 39.6. The number of rotatable bonds is 8. The van der Waals surface area contributed by atoms with Gasteiger partial charge in [-0.05, 0) is 108 Å². The normalized spacial score (nSPS) is 18.6. The van der Waals surface area contributed by atoms with Crippen LogP contribution in [0.2, 0.25) is 0 Å². The lowest BCUT2D eigenvalue weighted by Crippen LogP contribution is -2.48. The molecule has 2 saturated heterocycles. The lowest BCUT2D eigenvalue weighted by molar-refractivity contribution is 0.0753. The number of hydrogen-bond acceptors (Lipinski definition) is 5. The van der Waals surface area contributed by atoms with E-state index < -0.39 is 13.0 Å². The zero-order valence-corrected chi connectivity index (χ0v) is 23.0. The summed E-state index contributed by atoms with van der Waals surface area (Å²) >= 11 is 0. The Morgan fingerprint density at radius 2 is 1.61 bits per heavy atom. The monoisotopic (exact) mass is 526 g/mol. The van der Waals surface area contributed by atoms with Crippen LogP contribution in [0.4, 0.5) is 8.78 Å². The fourth-order valence-corrected chi connectivity index (χ4v) is 6.28. The van der Waals surface area contributed by atoms with Crippen molar-refractivity contribution in [3.8, 4) is 22.9 Å². The molecule has 0 saturated carbocycles. The average molecular weight is 527 g/mol. The van der Waals surface area contributed by atoms with Gasteiger partial charge in [0.15, 0.2) is 11.5 Å². The van der Waals surface area contributed by atoms with Crippen LogP contribution in [0.1, 0.15) is 51.0 Å². The highest BCUT2D eigenvalue weighted by Crippen LogP contribution is 2.36. The molecule has 2 aromatic carbocycles. The summed E-state index contributed by atoms with van der Waals surface area (Å²) in [5, 5.41) is 0. The standard InChI is InChI=1S/C30H40F2N4O2/c1-20(2)34-15-11-24(12-16-34)35-13-9-21(10-14-35)22-5-7-26-25(17-22)33-30(36(26)19-29(31)32)23-6-8-27(37-3)28(18-23)38-4/h5-8,17-18,20-21,24,29H,9-16,19H2,1-4H3. The van der Waals surface area contributed by atoms with E-state index in [9.17, 15) is 8.78 Å². The summed E-state index contributed by atoms with van der Waals surface area (Å²) in [6.45, 7) is 8.79. The van der Waals surface area contributed by atoms with E-state index in [1.165, 1.54) is 31.5 Å². The van der Waals surface area contributed by atoms with Crippen LogP contribution in [0, 0.1) is 0 Å². The fourth-order valence-electron chi connectivity index (χ4n) is 6.28.